The van der Waals surface area contributed by atoms with Crippen molar-refractivity contribution in [2.45, 2.75) is 40.7 Å². The van der Waals surface area contributed by atoms with Gasteiger partial charge in [-0.3, -0.25) is 4.79 Å². The van der Waals surface area contributed by atoms with Gasteiger partial charge in [-0.15, -0.1) is 0 Å². The van der Waals surface area contributed by atoms with Crippen LogP contribution in [0.2, 0.25) is 0 Å². The summed E-state index contributed by atoms with van der Waals surface area (Å²) in [6.45, 7) is 10.9. The predicted octanol–water partition coefficient (Wildman–Crippen LogP) is 1.47. The van der Waals surface area contributed by atoms with Gasteiger partial charge in [0.25, 0.3) is 0 Å². The summed E-state index contributed by atoms with van der Waals surface area (Å²) < 4.78 is 0. The van der Waals surface area contributed by atoms with Gasteiger partial charge in [0.1, 0.15) is 0 Å². The molecule has 0 radical (unpaired) electrons. The van der Waals surface area contributed by atoms with Crippen LogP contribution in [0.25, 0.3) is 0 Å². The summed E-state index contributed by atoms with van der Waals surface area (Å²) in [5.74, 6) is 0.516. The third-order valence-electron chi connectivity index (χ3n) is 2.21. The number of amides is 1. The number of likely N-dealkylation sites (N-methyl/N-ethyl adjacent to an activating group) is 1. The molecule has 0 heterocycles. The first kappa shape index (κ1) is 13.4. The number of nitrogens with two attached hydrogens (primary N) is 1. The van der Waals surface area contributed by atoms with Crippen molar-refractivity contribution in [3.05, 3.63) is 0 Å². The maximum atomic E-state index is 11.8. The molecule has 0 rings (SSSR count). The van der Waals surface area contributed by atoms with Crippen LogP contribution in [0, 0.1) is 11.3 Å². The lowest BCUT2D eigenvalue weighted by Gasteiger charge is -2.30. The minimum absolute atomic E-state index is 0.0335. The minimum Gasteiger partial charge on any atom is -0.344 e. The normalized spacial score (nSPS) is 14.3. The highest BCUT2D eigenvalue weighted by Gasteiger charge is 2.29. The van der Waals surface area contributed by atoms with Gasteiger partial charge in [-0.05, 0) is 11.3 Å². The Labute approximate surface area is 87.6 Å². The van der Waals surface area contributed by atoms with Gasteiger partial charge >= 0.3 is 0 Å². The quantitative estimate of drug-likeness (QED) is 0.750. The molecule has 1 amide bonds. The van der Waals surface area contributed by atoms with Gasteiger partial charge in [-0.1, -0.05) is 34.6 Å². The minimum atomic E-state index is -0.411. The molecule has 0 aliphatic heterocycles. The Morgan fingerprint density at radius 3 is 2.07 bits per heavy atom. The zero-order chi connectivity index (χ0) is 11.5. The largest absolute Gasteiger partial charge is 0.344 e. The molecule has 2 N–H and O–H groups in total. The summed E-state index contributed by atoms with van der Waals surface area (Å²) in [5.41, 5.74) is 5.72. The lowest BCUT2D eigenvalue weighted by molar-refractivity contribution is -0.134. The summed E-state index contributed by atoms with van der Waals surface area (Å²) >= 11 is 0. The average molecular weight is 200 g/mol. The van der Waals surface area contributed by atoms with Crippen molar-refractivity contribution in [3.63, 3.8) is 0 Å². The van der Waals surface area contributed by atoms with Crippen LogP contribution >= 0.6 is 0 Å². The highest BCUT2D eigenvalue weighted by Crippen LogP contribution is 2.18. The Morgan fingerprint density at radius 1 is 1.36 bits per heavy atom. The van der Waals surface area contributed by atoms with Gasteiger partial charge in [0, 0.05) is 13.6 Å². The van der Waals surface area contributed by atoms with Crippen LogP contribution in [0.4, 0.5) is 0 Å². The van der Waals surface area contributed by atoms with Crippen molar-refractivity contribution in [3.8, 4) is 0 Å². The second-order valence-electron chi connectivity index (χ2n) is 5.46. The molecule has 0 fully saturated rings. The van der Waals surface area contributed by atoms with Crippen molar-refractivity contribution in [2.75, 3.05) is 13.6 Å². The first-order valence-corrected chi connectivity index (χ1v) is 5.16. The van der Waals surface area contributed by atoms with E-state index in [1.54, 1.807) is 4.90 Å². The molecule has 3 nitrogen and oxygen atoms in total. The molecular formula is C11H24N2O. The van der Waals surface area contributed by atoms with Crippen LogP contribution in [0.1, 0.15) is 34.6 Å². The standard InChI is InChI=1S/C11H24N2O/c1-8(2)7-13(6)10(14)9(12)11(3,4)5/h8-9H,7,12H2,1-6H3/t9-/m1/s1. The van der Waals surface area contributed by atoms with Crippen LogP contribution in [-0.2, 0) is 4.79 Å². The Bertz CT molecular complexity index is 194. The molecule has 0 aromatic heterocycles. The monoisotopic (exact) mass is 200 g/mol. The lowest BCUT2D eigenvalue weighted by Crippen LogP contribution is -2.49. The summed E-state index contributed by atoms with van der Waals surface area (Å²) in [6.07, 6.45) is 0. The Morgan fingerprint density at radius 2 is 1.79 bits per heavy atom. The SMILES string of the molecule is CC(C)CN(C)C(=O)[C@@H](N)C(C)(C)C. The number of nitrogens with zero attached hydrogens (tertiary/aromatic N) is 1. The van der Waals surface area contributed by atoms with E-state index in [1.165, 1.54) is 0 Å². The zero-order valence-corrected chi connectivity index (χ0v) is 10.3. The van der Waals surface area contributed by atoms with E-state index in [-0.39, 0.29) is 11.3 Å². The molecule has 0 aromatic carbocycles. The number of carbonyl (C=O) groups is 1. The molecule has 84 valence electrons. The van der Waals surface area contributed by atoms with Crippen LogP contribution in [0.3, 0.4) is 0 Å². The van der Waals surface area contributed by atoms with E-state index in [0.717, 1.165) is 6.54 Å². The number of hydrogen-bond donors (Lipinski definition) is 1. The molecule has 1 atom stereocenters. The summed E-state index contributed by atoms with van der Waals surface area (Å²) in [6, 6.07) is -0.411. The van der Waals surface area contributed by atoms with E-state index in [9.17, 15) is 4.79 Å². The first-order chi connectivity index (χ1) is 6.16. The van der Waals surface area contributed by atoms with E-state index < -0.39 is 6.04 Å². The second-order valence-corrected chi connectivity index (χ2v) is 5.46. The van der Waals surface area contributed by atoms with E-state index in [1.807, 2.05) is 27.8 Å². The zero-order valence-electron chi connectivity index (χ0n) is 10.3. The second kappa shape index (κ2) is 4.78. The maximum Gasteiger partial charge on any atom is 0.239 e. The van der Waals surface area contributed by atoms with Gasteiger partial charge in [0.2, 0.25) is 5.91 Å². The van der Waals surface area contributed by atoms with Crippen LogP contribution in [-0.4, -0.2) is 30.4 Å². The number of carbonyl (C=O) groups excluding carboxylic acids is 1. The molecule has 0 saturated heterocycles. The lowest BCUT2D eigenvalue weighted by atomic mass is 9.86. The third-order valence-corrected chi connectivity index (χ3v) is 2.21. The number of hydrogen-bond acceptors (Lipinski definition) is 2. The fourth-order valence-electron chi connectivity index (χ4n) is 1.25. The third kappa shape index (κ3) is 4.09. The van der Waals surface area contributed by atoms with Crippen LogP contribution in [0.5, 0.6) is 0 Å². The molecule has 14 heavy (non-hydrogen) atoms. The van der Waals surface area contributed by atoms with Gasteiger partial charge in [0.15, 0.2) is 0 Å². The molecular weight excluding hydrogens is 176 g/mol. The highest BCUT2D eigenvalue weighted by atomic mass is 16.2. The fraction of sp³-hybridized carbons (Fsp3) is 0.909. The average Bonchev–Trinajstić information content (AvgIpc) is 1.98. The number of rotatable bonds is 3. The summed E-state index contributed by atoms with van der Waals surface area (Å²) in [5, 5.41) is 0. The molecule has 0 unspecified atom stereocenters. The maximum absolute atomic E-state index is 11.8. The summed E-state index contributed by atoms with van der Waals surface area (Å²) in [4.78, 5) is 13.5. The molecule has 0 aliphatic rings. The van der Waals surface area contributed by atoms with Gasteiger partial charge in [0.05, 0.1) is 6.04 Å². The molecule has 0 aliphatic carbocycles. The molecule has 3 heteroatoms. The smallest absolute Gasteiger partial charge is 0.239 e. The van der Waals surface area contributed by atoms with Crippen molar-refractivity contribution in [2.24, 2.45) is 17.1 Å². The Balaban J connectivity index is 4.32. The van der Waals surface area contributed by atoms with Crippen LogP contribution in [0.15, 0.2) is 0 Å². The molecule has 0 aromatic rings. The fourth-order valence-corrected chi connectivity index (χ4v) is 1.25. The molecule has 0 saturated carbocycles. The predicted molar refractivity (Wildman–Crippen MR) is 59.9 cm³/mol. The Kier molecular flexibility index (Phi) is 4.59. The van der Waals surface area contributed by atoms with Crippen LogP contribution < -0.4 is 5.73 Å². The van der Waals surface area contributed by atoms with E-state index in [0.29, 0.717) is 5.92 Å². The highest BCUT2D eigenvalue weighted by molar-refractivity contribution is 5.82. The summed E-state index contributed by atoms with van der Waals surface area (Å²) in [7, 11) is 1.81. The molecule has 0 spiro atoms. The Hall–Kier alpha value is -0.570. The van der Waals surface area contributed by atoms with Gasteiger partial charge < -0.3 is 10.6 Å². The molecule has 0 bridgehead atoms. The van der Waals surface area contributed by atoms with E-state index in [4.69, 9.17) is 5.73 Å². The van der Waals surface area contributed by atoms with E-state index in [2.05, 4.69) is 13.8 Å². The van der Waals surface area contributed by atoms with Crippen molar-refractivity contribution in [1.82, 2.24) is 4.90 Å². The van der Waals surface area contributed by atoms with Crippen molar-refractivity contribution >= 4 is 5.91 Å². The van der Waals surface area contributed by atoms with E-state index >= 15 is 0 Å². The van der Waals surface area contributed by atoms with Crippen molar-refractivity contribution < 1.29 is 4.79 Å². The van der Waals surface area contributed by atoms with Gasteiger partial charge in [-0.25, -0.2) is 0 Å². The van der Waals surface area contributed by atoms with Gasteiger partial charge in [-0.2, -0.15) is 0 Å². The topological polar surface area (TPSA) is 46.3 Å². The van der Waals surface area contributed by atoms with Crippen molar-refractivity contribution in [1.29, 1.82) is 0 Å². The first-order valence-electron chi connectivity index (χ1n) is 5.16.